The lowest BCUT2D eigenvalue weighted by Gasteiger charge is -2.14. The molecule has 1 fully saturated rings. The highest BCUT2D eigenvalue weighted by molar-refractivity contribution is 6.07. The van der Waals surface area contributed by atoms with Crippen molar-refractivity contribution in [3.63, 3.8) is 0 Å². The fourth-order valence-corrected chi connectivity index (χ4v) is 3.38. The van der Waals surface area contributed by atoms with Gasteiger partial charge in [0.25, 0.3) is 0 Å². The van der Waals surface area contributed by atoms with Crippen molar-refractivity contribution < 1.29 is 23.9 Å². The number of rotatable bonds is 8. The Balaban J connectivity index is 1.40. The third-order valence-electron chi connectivity index (χ3n) is 4.73. The molecule has 2 atom stereocenters. The van der Waals surface area contributed by atoms with E-state index in [1.54, 1.807) is 12.1 Å². The van der Waals surface area contributed by atoms with E-state index in [9.17, 15) is 14.4 Å². The summed E-state index contributed by atoms with van der Waals surface area (Å²) in [7, 11) is 0. The van der Waals surface area contributed by atoms with Gasteiger partial charge in [0.05, 0.1) is 25.0 Å². The molecule has 1 aliphatic carbocycles. The number of fused-ring (bicyclic) bond motifs is 1. The van der Waals surface area contributed by atoms with E-state index in [2.05, 4.69) is 5.32 Å². The minimum Gasteiger partial charge on any atom is -0.494 e. The molecule has 7 heteroatoms. The van der Waals surface area contributed by atoms with E-state index < -0.39 is 0 Å². The molecule has 1 N–H and O–H groups in total. The molecule has 3 rings (SSSR count). The first kappa shape index (κ1) is 18.9. The largest absolute Gasteiger partial charge is 0.494 e. The second-order valence-electron chi connectivity index (χ2n) is 6.52. The number of carbonyl (C=O) groups excluding carboxylic acids is 3. The molecule has 1 saturated heterocycles. The Kier molecular flexibility index (Phi) is 6.11. The van der Waals surface area contributed by atoms with Crippen LogP contribution < -0.4 is 14.8 Å². The number of ether oxygens (including phenoxy) is 2. The average molecular weight is 372 g/mol. The molecule has 1 aromatic rings. The van der Waals surface area contributed by atoms with Gasteiger partial charge in [-0.1, -0.05) is 12.2 Å². The van der Waals surface area contributed by atoms with Gasteiger partial charge in [-0.05, 0) is 44.0 Å². The summed E-state index contributed by atoms with van der Waals surface area (Å²) in [5.74, 6) is -0.0106. The molecule has 0 unspecified atom stereocenters. The number of nitrogens with one attached hydrogen (secondary N) is 1. The summed E-state index contributed by atoms with van der Waals surface area (Å²) in [5.41, 5.74) is 0. The Hall–Kier alpha value is -2.83. The highest BCUT2D eigenvalue weighted by Gasteiger charge is 2.47. The van der Waals surface area contributed by atoms with E-state index in [0.717, 1.165) is 10.6 Å². The van der Waals surface area contributed by atoms with Gasteiger partial charge in [-0.2, -0.15) is 0 Å². The van der Waals surface area contributed by atoms with Crippen molar-refractivity contribution in [2.45, 2.75) is 19.8 Å². The fraction of sp³-hybridized carbons (Fsp3) is 0.450. The molecule has 144 valence electrons. The number of allylic oxidation sites excluding steroid dienone is 2. The van der Waals surface area contributed by atoms with Gasteiger partial charge in [0.2, 0.25) is 17.7 Å². The van der Waals surface area contributed by atoms with Crippen molar-refractivity contribution in [3.05, 3.63) is 36.4 Å². The number of amides is 3. The van der Waals surface area contributed by atoms with Crippen LogP contribution in [0.15, 0.2) is 36.4 Å². The molecule has 27 heavy (non-hydrogen) atoms. The quantitative estimate of drug-likeness (QED) is 0.425. The predicted molar refractivity (Wildman–Crippen MR) is 98.2 cm³/mol. The lowest BCUT2D eigenvalue weighted by molar-refractivity contribution is -0.143. The summed E-state index contributed by atoms with van der Waals surface area (Å²) in [6.07, 6.45) is 4.99. The number of hydrogen-bond acceptors (Lipinski definition) is 5. The number of carbonyl (C=O) groups is 3. The van der Waals surface area contributed by atoms with Crippen LogP contribution in [-0.4, -0.2) is 48.9 Å². The average Bonchev–Trinajstić information content (AvgIpc) is 2.92. The molecule has 0 bridgehead atoms. The highest BCUT2D eigenvalue weighted by Crippen LogP contribution is 2.34. The Morgan fingerprint density at radius 3 is 2.15 bits per heavy atom. The van der Waals surface area contributed by atoms with Crippen LogP contribution in [0, 0.1) is 11.8 Å². The smallest absolute Gasteiger partial charge is 0.240 e. The van der Waals surface area contributed by atoms with Crippen molar-refractivity contribution in [1.29, 1.82) is 0 Å². The van der Waals surface area contributed by atoms with Crippen molar-refractivity contribution in [2.24, 2.45) is 11.8 Å². The molecule has 0 aromatic heterocycles. The standard InChI is InChI=1S/C20H24N2O5/c1-2-26-14-7-9-15(10-8-14)27-12-11-21-18(23)13-22-19(24)16-5-3-4-6-17(16)20(22)25/h3-4,7-10,16-17H,2,5-6,11-13H2,1H3,(H,21,23)/t16-,17+. The van der Waals surface area contributed by atoms with Gasteiger partial charge >= 0.3 is 0 Å². The molecular formula is C20H24N2O5. The van der Waals surface area contributed by atoms with Gasteiger partial charge in [-0.25, -0.2) is 0 Å². The molecular weight excluding hydrogens is 348 g/mol. The van der Waals surface area contributed by atoms with Crippen LogP contribution in [0.25, 0.3) is 0 Å². The van der Waals surface area contributed by atoms with Gasteiger partial charge in [0, 0.05) is 0 Å². The SMILES string of the molecule is CCOc1ccc(OCCNC(=O)CN2C(=O)[C@H]3CC=CC[C@H]3C2=O)cc1. The third kappa shape index (κ3) is 4.48. The third-order valence-corrected chi connectivity index (χ3v) is 4.73. The molecule has 0 saturated carbocycles. The maximum atomic E-state index is 12.3. The van der Waals surface area contributed by atoms with Crippen LogP contribution in [0.5, 0.6) is 11.5 Å². The summed E-state index contributed by atoms with van der Waals surface area (Å²) < 4.78 is 10.9. The second-order valence-corrected chi connectivity index (χ2v) is 6.52. The van der Waals surface area contributed by atoms with Crippen LogP contribution in [0.4, 0.5) is 0 Å². The van der Waals surface area contributed by atoms with Gasteiger partial charge < -0.3 is 14.8 Å². The zero-order valence-electron chi connectivity index (χ0n) is 15.3. The topological polar surface area (TPSA) is 84.9 Å². The molecule has 7 nitrogen and oxygen atoms in total. The molecule has 0 spiro atoms. The number of nitrogens with zero attached hydrogens (tertiary/aromatic N) is 1. The van der Waals surface area contributed by atoms with Crippen molar-refractivity contribution in [2.75, 3.05) is 26.3 Å². The molecule has 1 aromatic carbocycles. The lowest BCUT2D eigenvalue weighted by atomic mass is 9.85. The Labute approximate surface area is 158 Å². The zero-order chi connectivity index (χ0) is 19.2. The first-order valence-electron chi connectivity index (χ1n) is 9.22. The maximum Gasteiger partial charge on any atom is 0.240 e. The van der Waals surface area contributed by atoms with E-state index >= 15 is 0 Å². The van der Waals surface area contributed by atoms with Crippen molar-refractivity contribution in [1.82, 2.24) is 10.2 Å². The Bertz CT molecular complexity index is 702. The van der Waals surface area contributed by atoms with Crippen LogP contribution in [0.2, 0.25) is 0 Å². The Morgan fingerprint density at radius 1 is 1.04 bits per heavy atom. The predicted octanol–water partition coefficient (Wildman–Crippen LogP) is 1.53. The lowest BCUT2D eigenvalue weighted by Crippen LogP contribution is -2.42. The number of hydrogen-bond donors (Lipinski definition) is 1. The van der Waals surface area contributed by atoms with Gasteiger partial charge in [-0.15, -0.1) is 0 Å². The van der Waals surface area contributed by atoms with Gasteiger partial charge in [0.1, 0.15) is 24.7 Å². The summed E-state index contributed by atoms with van der Waals surface area (Å²) in [6, 6.07) is 7.22. The number of benzene rings is 1. The second kappa shape index (κ2) is 8.70. The van der Waals surface area contributed by atoms with E-state index in [4.69, 9.17) is 9.47 Å². The Morgan fingerprint density at radius 2 is 1.59 bits per heavy atom. The molecule has 0 radical (unpaired) electrons. The maximum absolute atomic E-state index is 12.3. The first-order chi connectivity index (χ1) is 13.1. The highest BCUT2D eigenvalue weighted by atomic mass is 16.5. The van der Waals surface area contributed by atoms with Gasteiger partial charge in [0.15, 0.2) is 0 Å². The van der Waals surface area contributed by atoms with E-state index in [1.807, 2.05) is 31.2 Å². The van der Waals surface area contributed by atoms with Crippen LogP contribution in [0.1, 0.15) is 19.8 Å². The van der Waals surface area contributed by atoms with Crippen LogP contribution in [-0.2, 0) is 14.4 Å². The van der Waals surface area contributed by atoms with E-state index in [1.165, 1.54) is 0 Å². The number of likely N-dealkylation sites (tertiary alicyclic amines) is 1. The summed E-state index contributed by atoms with van der Waals surface area (Å²) in [6.45, 7) is 2.87. The summed E-state index contributed by atoms with van der Waals surface area (Å²) in [4.78, 5) is 37.8. The molecule has 2 aliphatic rings. The molecule has 3 amide bonds. The minimum absolute atomic E-state index is 0.228. The van der Waals surface area contributed by atoms with Crippen molar-refractivity contribution in [3.8, 4) is 11.5 Å². The minimum atomic E-state index is -0.362. The summed E-state index contributed by atoms with van der Waals surface area (Å²) >= 11 is 0. The van der Waals surface area contributed by atoms with E-state index in [-0.39, 0.29) is 49.3 Å². The zero-order valence-corrected chi connectivity index (χ0v) is 15.3. The van der Waals surface area contributed by atoms with E-state index in [0.29, 0.717) is 25.2 Å². The fourth-order valence-electron chi connectivity index (χ4n) is 3.38. The normalized spacial score (nSPS) is 21.1. The monoisotopic (exact) mass is 372 g/mol. The van der Waals surface area contributed by atoms with Crippen LogP contribution in [0.3, 0.4) is 0 Å². The molecule has 1 heterocycles. The van der Waals surface area contributed by atoms with Crippen LogP contribution >= 0.6 is 0 Å². The first-order valence-corrected chi connectivity index (χ1v) is 9.22. The summed E-state index contributed by atoms with van der Waals surface area (Å²) in [5, 5.41) is 2.68. The van der Waals surface area contributed by atoms with Crippen molar-refractivity contribution >= 4 is 17.7 Å². The number of imide groups is 1. The van der Waals surface area contributed by atoms with Gasteiger partial charge in [-0.3, -0.25) is 19.3 Å². The molecule has 1 aliphatic heterocycles.